The molecule has 0 spiro atoms. The number of alkyl halides is 1. The first-order chi connectivity index (χ1) is 5.36. The quantitative estimate of drug-likeness (QED) is 0.492. The Bertz CT molecular complexity index is 291. The van der Waals surface area contributed by atoms with E-state index in [4.69, 9.17) is 0 Å². The molecule has 0 bridgehead atoms. The van der Waals surface area contributed by atoms with Crippen LogP contribution in [0.4, 0.5) is 0 Å². The van der Waals surface area contributed by atoms with Crippen molar-refractivity contribution in [3.05, 3.63) is 35.4 Å². The van der Waals surface area contributed by atoms with Crippen LogP contribution in [-0.2, 0) is 5.33 Å². The van der Waals surface area contributed by atoms with Crippen LogP contribution >= 0.6 is 15.9 Å². The van der Waals surface area contributed by atoms with E-state index in [2.05, 4.69) is 39.9 Å². The van der Waals surface area contributed by atoms with Crippen molar-refractivity contribution < 1.29 is 0 Å². The monoisotopic (exact) mass is 208 g/mol. The summed E-state index contributed by atoms with van der Waals surface area (Å²) in [4.78, 5) is 0. The summed E-state index contributed by atoms with van der Waals surface area (Å²) in [7, 11) is 0. The Hall–Kier alpha value is -0.740. The van der Waals surface area contributed by atoms with Gasteiger partial charge < -0.3 is 0 Å². The van der Waals surface area contributed by atoms with Gasteiger partial charge in [0.1, 0.15) is 0 Å². The second kappa shape index (κ2) is 4.20. The summed E-state index contributed by atoms with van der Waals surface area (Å²) in [5, 5.41) is 0.895. The lowest BCUT2D eigenvalue weighted by Gasteiger charge is -1.94. The second-order valence-corrected chi connectivity index (χ2v) is 2.77. The van der Waals surface area contributed by atoms with E-state index >= 15 is 0 Å². The zero-order valence-electron chi connectivity index (χ0n) is 6.39. The molecule has 0 radical (unpaired) electrons. The van der Waals surface area contributed by atoms with Gasteiger partial charge in [-0.1, -0.05) is 34.0 Å². The Morgan fingerprint density at radius 2 is 2.27 bits per heavy atom. The molecular formula is C10H9Br. The van der Waals surface area contributed by atoms with E-state index in [0.29, 0.717) is 0 Å². The first-order valence-corrected chi connectivity index (χ1v) is 4.56. The molecule has 0 saturated heterocycles. The van der Waals surface area contributed by atoms with Gasteiger partial charge in [-0.2, -0.15) is 0 Å². The van der Waals surface area contributed by atoms with E-state index in [1.807, 2.05) is 19.1 Å². The summed E-state index contributed by atoms with van der Waals surface area (Å²) in [5.41, 5.74) is 2.36. The average Bonchev–Trinajstić information content (AvgIpc) is 2.06. The number of rotatable bonds is 1. The summed E-state index contributed by atoms with van der Waals surface area (Å²) in [5.74, 6) is 5.88. The lowest BCUT2D eigenvalue weighted by Crippen LogP contribution is -1.78. The molecule has 1 aromatic rings. The largest absolute Gasteiger partial charge is 0.101 e. The zero-order chi connectivity index (χ0) is 8.10. The maximum Gasteiger partial charge on any atom is 0.0283 e. The minimum absolute atomic E-state index is 0.895. The summed E-state index contributed by atoms with van der Waals surface area (Å²) in [6.07, 6.45) is 0. The van der Waals surface area contributed by atoms with Crippen molar-refractivity contribution in [3.8, 4) is 11.8 Å². The molecule has 1 aromatic carbocycles. The molecule has 0 N–H and O–H groups in total. The Labute approximate surface area is 75.8 Å². The van der Waals surface area contributed by atoms with Crippen LogP contribution in [0.3, 0.4) is 0 Å². The minimum Gasteiger partial charge on any atom is -0.101 e. The molecule has 0 unspecified atom stereocenters. The fourth-order valence-electron chi connectivity index (χ4n) is 0.877. The zero-order valence-corrected chi connectivity index (χ0v) is 7.98. The van der Waals surface area contributed by atoms with Crippen LogP contribution in [0, 0.1) is 11.8 Å². The third kappa shape index (κ3) is 2.40. The van der Waals surface area contributed by atoms with Crippen molar-refractivity contribution in [3.63, 3.8) is 0 Å². The molecule has 1 rings (SSSR count). The summed E-state index contributed by atoms with van der Waals surface area (Å²) in [6, 6.07) is 8.21. The average molecular weight is 209 g/mol. The molecule has 0 heterocycles. The van der Waals surface area contributed by atoms with Gasteiger partial charge in [-0.05, 0) is 24.6 Å². The molecule has 11 heavy (non-hydrogen) atoms. The number of halogens is 1. The minimum atomic E-state index is 0.895. The van der Waals surface area contributed by atoms with Crippen LogP contribution in [0.25, 0.3) is 0 Å². The van der Waals surface area contributed by atoms with Gasteiger partial charge in [0.15, 0.2) is 0 Å². The summed E-state index contributed by atoms with van der Waals surface area (Å²) in [6.45, 7) is 1.85. The molecule has 0 fully saturated rings. The van der Waals surface area contributed by atoms with Crippen molar-refractivity contribution in [2.45, 2.75) is 12.3 Å². The maximum absolute atomic E-state index is 3.39. The maximum atomic E-state index is 3.39. The van der Waals surface area contributed by atoms with E-state index in [1.54, 1.807) is 0 Å². The molecule has 0 amide bonds. The summed E-state index contributed by atoms with van der Waals surface area (Å²) >= 11 is 3.39. The fourth-order valence-corrected chi connectivity index (χ4v) is 1.23. The van der Waals surface area contributed by atoms with Gasteiger partial charge in [0, 0.05) is 10.9 Å². The lowest BCUT2D eigenvalue weighted by molar-refractivity contribution is 1.42. The normalized spacial score (nSPS) is 8.55. The topological polar surface area (TPSA) is 0 Å². The van der Waals surface area contributed by atoms with Crippen LogP contribution in [0.1, 0.15) is 18.1 Å². The van der Waals surface area contributed by atoms with Crippen molar-refractivity contribution >= 4 is 15.9 Å². The Morgan fingerprint density at radius 1 is 1.45 bits per heavy atom. The number of benzene rings is 1. The molecule has 0 aliphatic rings. The van der Waals surface area contributed by atoms with E-state index in [1.165, 1.54) is 5.56 Å². The molecule has 56 valence electrons. The molecule has 1 heteroatoms. The molecule has 0 saturated carbocycles. The van der Waals surface area contributed by atoms with E-state index in [-0.39, 0.29) is 0 Å². The second-order valence-electron chi connectivity index (χ2n) is 2.21. The van der Waals surface area contributed by atoms with E-state index in [0.717, 1.165) is 10.9 Å². The van der Waals surface area contributed by atoms with Gasteiger partial charge in [-0.25, -0.2) is 0 Å². The highest BCUT2D eigenvalue weighted by molar-refractivity contribution is 9.08. The van der Waals surface area contributed by atoms with Crippen molar-refractivity contribution in [1.82, 2.24) is 0 Å². The first kappa shape index (κ1) is 8.36. The van der Waals surface area contributed by atoms with Crippen LogP contribution in [-0.4, -0.2) is 0 Å². The Balaban J connectivity index is 2.97. The molecule has 0 nitrogen and oxygen atoms in total. The van der Waals surface area contributed by atoms with Crippen LogP contribution in [0.5, 0.6) is 0 Å². The molecule has 0 aromatic heterocycles. The molecule has 0 atom stereocenters. The van der Waals surface area contributed by atoms with Crippen molar-refractivity contribution in [1.29, 1.82) is 0 Å². The van der Waals surface area contributed by atoms with Gasteiger partial charge in [0.25, 0.3) is 0 Å². The highest BCUT2D eigenvalue weighted by Gasteiger charge is 1.89. The molecule has 0 aliphatic carbocycles. The van der Waals surface area contributed by atoms with Gasteiger partial charge in [0.05, 0.1) is 0 Å². The van der Waals surface area contributed by atoms with Gasteiger partial charge in [-0.15, -0.1) is 5.92 Å². The number of hydrogen-bond acceptors (Lipinski definition) is 0. The van der Waals surface area contributed by atoms with E-state index < -0.39 is 0 Å². The summed E-state index contributed by atoms with van der Waals surface area (Å²) < 4.78 is 0. The van der Waals surface area contributed by atoms with Crippen LogP contribution in [0.2, 0.25) is 0 Å². The highest BCUT2D eigenvalue weighted by atomic mass is 79.9. The predicted molar refractivity (Wildman–Crippen MR) is 51.6 cm³/mol. The van der Waals surface area contributed by atoms with Crippen LogP contribution in [0.15, 0.2) is 24.3 Å². The van der Waals surface area contributed by atoms with Gasteiger partial charge >= 0.3 is 0 Å². The van der Waals surface area contributed by atoms with Crippen molar-refractivity contribution in [2.75, 3.05) is 0 Å². The van der Waals surface area contributed by atoms with Crippen LogP contribution < -0.4 is 0 Å². The smallest absolute Gasteiger partial charge is 0.0283 e. The molecular weight excluding hydrogens is 200 g/mol. The third-order valence-corrected chi connectivity index (χ3v) is 2.00. The first-order valence-electron chi connectivity index (χ1n) is 3.44. The molecule has 0 aliphatic heterocycles. The highest BCUT2D eigenvalue weighted by Crippen LogP contribution is 2.07. The Morgan fingerprint density at radius 3 is 2.91 bits per heavy atom. The Kier molecular flexibility index (Phi) is 3.19. The van der Waals surface area contributed by atoms with E-state index in [9.17, 15) is 0 Å². The predicted octanol–water partition coefficient (Wildman–Crippen LogP) is 2.95. The fraction of sp³-hybridized carbons (Fsp3) is 0.200. The van der Waals surface area contributed by atoms with Gasteiger partial charge in [-0.3, -0.25) is 0 Å². The lowest BCUT2D eigenvalue weighted by atomic mass is 10.1. The SMILES string of the molecule is CC#Cc1cccc(CBr)c1. The third-order valence-electron chi connectivity index (χ3n) is 1.35. The standard InChI is InChI=1S/C10H9Br/c1-2-4-9-5-3-6-10(7-9)8-11/h3,5-7H,8H2,1H3. The number of hydrogen-bond donors (Lipinski definition) is 0. The van der Waals surface area contributed by atoms with Gasteiger partial charge in [0.2, 0.25) is 0 Å². The van der Waals surface area contributed by atoms with Crippen molar-refractivity contribution in [2.24, 2.45) is 0 Å².